The summed E-state index contributed by atoms with van der Waals surface area (Å²) in [5, 5.41) is 0. The minimum Gasteiger partial charge on any atom is -0.454 e. The number of carbonyl (C=O) groups excluding carboxylic acids is 2. The number of hydrogen-bond donors (Lipinski definition) is 0. The Morgan fingerprint density at radius 1 is 1.27 bits per heavy atom. The van der Waals surface area contributed by atoms with Crippen LogP contribution >= 0.6 is 0 Å². The predicted molar refractivity (Wildman–Crippen MR) is 76.6 cm³/mol. The Labute approximate surface area is 128 Å². The number of likely N-dealkylation sites (N-methyl/N-ethyl adjacent to an activating group) is 1. The van der Waals surface area contributed by atoms with Crippen molar-refractivity contribution in [2.45, 2.75) is 26.3 Å². The van der Waals surface area contributed by atoms with Crippen LogP contribution in [0.5, 0.6) is 11.5 Å². The molecule has 0 spiro atoms. The third kappa shape index (κ3) is 4.03. The van der Waals surface area contributed by atoms with Gasteiger partial charge in [-0.05, 0) is 31.0 Å². The van der Waals surface area contributed by atoms with Gasteiger partial charge in [0.05, 0.1) is 0 Å². The van der Waals surface area contributed by atoms with Gasteiger partial charge in [0.1, 0.15) is 0 Å². The molecule has 0 saturated carbocycles. The number of ether oxygens (including phenoxy) is 4. The van der Waals surface area contributed by atoms with Crippen LogP contribution in [0.2, 0.25) is 0 Å². The highest BCUT2D eigenvalue weighted by atomic mass is 16.7. The van der Waals surface area contributed by atoms with Gasteiger partial charge < -0.3 is 23.8 Å². The Morgan fingerprint density at radius 2 is 2.00 bits per heavy atom. The lowest BCUT2D eigenvalue weighted by molar-refractivity contribution is -0.149. The molecule has 1 aliphatic rings. The quantitative estimate of drug-likeness (QED) is 0.611. The molecule has 1 aromatic carbocycles. The first-order valence-electron chi connectivity index (χ1n) is 6.89. The summed E-state index contributed by atoms with van der Waals surface area (Å²) in [6.07, 6.45) is 0.0880. The third-order valence-corrected chi connectivity index (χ3v) is 3.36. The minimum absolute atomic E-state index is 0.0924. The molecular formula is C15H19NO6. The fraction of sp³-hybridized carbons (Fsp3) is 0.467. The number of hydrogen-bond acceptors (Lipinski definition) is 6. The Bertz CT molecular complexity index is 559. The first-order valence-corrected chi connectivity index (χ1v) is 6.89. The van der Waals surface area contributed by atoms with E-state index >= 15 is 0 Å². The SMILES string of the molecule is CC(=O)OCOC(=O)N(C)C(C)Cc1ccc2c(c1)OCO2. The second-order valence-corrected chi connectivity index (χ2v) is 5.02. The number of fused-ring (bicyclic) bond motifs is 1. The van der Waals surface area contributed by atoms with Crippen molar-refractivity contribution in [2.75, 3.05) is 20.6 Å². The van der Waals surface area contributed by atoms with E-state index in [-0.39, 0.29) is 19.6 Å². The number of carbonyl (C=O) groups is 2. The molecule has 0 aliphatic carbocycles. The molecule has 0 bridgehead atoms. The molecule has 0 saturated heterocycles. The van der Waals surface area contributed by atoms with Gasteiger partial charge in [-0.3, -0.25) is 4.79 Å². The van der Waals surface area contributed by atoms with E-state index in [0.29, 0.717) is 12.2 Å². The van der Waals surface area contributed by atoms with Gasteiger partial charge in [0.25, 0.3) is 0 Å². The molecule has 1 aromatic rings. The highest BCUT2D eigenvalue weighted by Crippen LogP contribution is 2.32. The molecule has 1 aliphatic heterocycles. The standard InChI is InChI=1S/C15H19NO6/c1-10(16(3)15(18)22-8-19-11(2)17)6-12-4-5-13-14(7-12)21-9-20-13/h4-5,7,10H,6,8-9H2,1-3H3. The normalized spacial score (nSPS) is 13.4. The lowest BCUT2D eigenvalue weighted by Crippen LogP contribution is -2.37. The van der Waals surface area contributed by atoms with E-state index in [2.05, 4.69) is 4.74 Å². The molecule has 0 radical (unpaired) electrons. The maximum atomic E-state index is 11.8. The summed E-state index contributed by atoms with van der Waals surface area (Å²) in [5.74, 6) is 0.944. The van der Waals surface area contributed by atoms with E-state index in [1.165, 1.54) is 11.8 Å². The lowest BCUT2D eigenvalue weighted by Gasteiger charge is -2.24. The zero-order valence-corrected chi connectivity index (χ0v) is 12.8. The predicted octanol–water partition coefficient (Wildman–Crippen LogP) is 1.94. The number of esters is 1. The second kappa shape index (κ2) is 7.02. The van der Waals surface area contributed by atoms with E-state index in [1.807, 2.05) is 25.1 Å². The van der Waals surface area contributed by atoms with Crippen LogP contribution in [-0.2, 0) is 20.7 Å². The lowest BCUT2D eigenvalue weighted by atomic mass is 10.1. The molecule has 22 heavy (non-hydrogen) atoms. The van der Waals surface area contributed by atoms with Crippen LogP contribution in [0.25, 0.3) is 0 Å². The summed E-state index contributed by atoms with van der Waals surface area (Å²) in [5.41, 5.74) is 1.02. The molecule has 120 valence electrons. The molecule has 0 aromatic heterocycles. The molecule has 7 nitrogen and oxygen atoms in total. The zero-order chi connectivity index (χ0) is 16.1. The number of rotatable bonds is 5. The Balaban J connectivity index is 1.86. The minimum atomic E-state index is -0.547. The van der Waals surface area contributed by atoms with Crippen molar-refractivity contribution < 1.29 is 28.5 Å². The number of amides is 1. The Morgan fingerprint density at radius 3 is 2.73 bits per heavy atom. The fourth-order valence-corrected chi connectivity index (χ4v) is 1.99. The summed E-state index contributed by atoms with van der Waals surface area (Å²) in [6, 6.07) is 5.59. The van der Waals surface area contributed by atoms with Gasteiger partial charge in [-0.2, -0.15) is 0 Å². The number of benzene rings is 1. The molecule has 1 amide bonds. The molecular weight excluding hydrogens is 290 g/mol. The van der Waals surface area contributed by atoms with Crippen molar-refractivity contribution in [3.05, 3.63) is 23.8 Å². The van der Waals surface area contributed by atoms with Crippen molar-refractivity contribution in [2.24, 2.45) is 0 Å². The largest absolute Gasteiger partial charge is 0.454 e. The molecule has 0 N–H and O–H groups in total. The van der Waals surface area contributed by atoms with Crippen LogP contribution in [0.4, 0.5) is 4.79 Å². The van der Waals surface area contributed by atoms with Gasteiger partial charge in [0, 0.05) is 20.0 Å². The summed E-state index contributed by atoms with van der Waals surface area (Å²) in [4.78, 5) is 23.9. The highest BCUT2D eigenvalue weighted by Gasteiger charge is 2.19. The molecule has 1 heterocycles. The summed E-state index contributed by atoms with van der Waals surface area (Å²) < 4.78 is 20.0. The molecule has 2 rings (SSSR count). The van der Waals surface area contributed by atoms with Crippen molar-refractivity contribution in [3.8, 4) is 11.5 Å². The van der Waals surface area contributed by atoms with Crippen LogP contribution in [0.3, 0.4) is 0 Å². The van der Waals surface area contributed by atoms with E-state index in [1.54, 1.807) is 7.05 Å². The van der Waals surface area contributed by atoms with Gasteiger partial charge in [0.2, 0.25) is 13.6 Å². The third-order valence-electron chi connectivity index (χ3n) is 3.36. The highest BCUT2D eigenvalue weighted by molar-refractivity contribution is 5.68. The van der Waals surface area contributed by atoms with Crippen molar-refractivity contribution in [1.29, 1.82) is 0 Å². The van der Waals surface area contributed by atoms with Crippen molar-refractivity contribution >= 4 is 12.1 Å². The van der Waals surface area contributed by atoms with Crippen LogP contribution in [-0.4, -0.2) is 43.6 Å². The summed E-state index contributed by atoms with van der Waals surface area (Å²) >= 11 is 0. The van der Waals surface area contributed by atoms with E-state index in [4.69, 9.17) is 14.2 Å². The topological polar surface area (TPSA) is 74.3 Å². The van der Waals surface area contributed by atoms with Gasteiger partial charge in [-0.1, -0.05) is 6.07 Å². The van der Waals surface area contributed by atoms with Crippen LogP contribution in [0, 0.1) is 0 Å². The molecule has 0 fully saturated rings. The van der Waals surface area contributed by atoms with Crippen LogP contribution in [0.1, 0.15) is 19.4 Å². The average molecular weight is 309 g/mol. The maximum Gasteiger partial charge on any atom is 0.412 e. The average Bonchev–Trinajstić information content (AvgIpc) is 2.93. The first-order chi connectivity index (χ1) is 10.5. The van der Waals surface area contributed by atoms with E-state index in [9.17, 15) is 9.59 Å². The van der Waals surface area contributed by atoms with E-state index in [0.717, 1.165) is 11.3 Å². The zero-order valence-electron chi connectivity index (χ0n) is 12.8. The fourth-order valence-electron chi connectivity index (χ4n) is 1.99. The van der Waals surface area contributed by atoms with Crippen molar-refractivity contribution in [3.63, 3.8) is 0 Å². The van der Waals surface area contributed by atoms with Crippen LogP contribution < -0.4 is 9.47 Å². The second-order valence-electron chi connectivity index (χ2n) is 5.02. The maximum absolute atomic E-state index is 11.8. The first kappa shape index (κ1) is 15.9. The van der Waals surface area contributed by atoms with Gasteiger partial charge in [-0.15, -0.1) is 0 Å². The van der Waals surface area contributed by atoms with Gasteiger partial charge in [-0.25, -0.2) is 4.79 Å². The summed E-state index contributed by atoms with van der Waals surface area (Å²) in [6.45, 7) is 3.00. The van der Waals surface area contributed by atoms with Gasteiger partial charge in [0.15, 0.2) is 11.5 Å². The molecule has 1 atom stereocenters. The Kier molecular flexibility index (Phi) is 5.08. The Hall–Kier alpha value is -2.44. The van der Waals surface area contributed by atoms with Gasteiger partial charge >= 0.3 is 12.1 Å². The smallest absolute Gasteiger partial charge is 0.412 e. The summed E-state index contributed by atoms with van der Waals surface area (Å²) in [7, 11) is 1.63. The molecule has 1 unspecified atom stereocenters. The van der Waals surface area contributed by atoms with Crippen LogP contribution in [0.15, 0.2) is 18.2 Å². The monoisotopic (exact) mass is 309 g/mol. The number of nitrogens with zero attached hydrogens (tertiary/aromatic N) is 1. The van der Waals surface area contributed by atoms with E-state index < -0.39 is 12.1 Å². The van der Waals surface area contributed by atoms with Crippen molar-refractivity contribution in [1.82, 2.24) is 4.90 Å². The molecule has 7 heteroatoms.